The van der Waals surface area contributed by atoms with Crippen molar-refractivity contribution in [3.63, 3.8) is 0 Å². The molecule has 0 spiro atoms. The molecule has 0 fully saturated rings. The van der Waals surface area contributed by atoms with Gasteiger partial charge in [0.2, 0.25) is 0 Å². The van der Waals surface area contributed by atoms with Crippen LogP contribution in [0.4, 0.5) is 0 Å². The second-order valence-corrected chi connectivity index (χ2v) is 4.05. The predicted molar refractivity (Wildman–Crippen MR) is 79.9 cm³/mol. The Hall–Kier alpha value is -2.61. The lowest BCUT2D eigenvalue weighted by Crippen LogP contribution is -1.94. The van der Waals surface area contributed by atoms with E-state index in [0.29, 0.717) is 23.3 Å². The topological polar surface area (TPSA) is 37.0 Å². The van der Waals surface area contributed by atoms with E-state index < -0.39 is 18.2 Å². The summed E-state index contributed by atoms with van der Waals surface area (Å²) < 4.78 is 35.9. The predicted octanol–water partition coefficient (Wildman–Crippen LogP) is 4.70. The summed E-state index contributed by atoms with van der Waals surface area (Å²) in [7, 11) is 0. The summed E-state index contributed by atoms with van der Waals surface area (Å²) in [6.45, 7) is 0.686. The third-order valence-electron chi connectivity index (χ3n) is 2.93. The van der Waals surface area contributed by atoms with Gasteiger partial charge in [-0.2, -0.15) is 0 Å². The summed E-state index contributed by atoms with van der Waals surface area (Å²) in [5.41, 5.74) is 1.37. The molecule has 0 aliphatic carbocycles. The minimum Gasteiger partial charge on any atom is -0.455 e. The van der Waals surface area contributed by atoms with E-state index in [-0.39, 0.29) is 5.71 Å². The van der Waals surface area contributed by atoms with Crippen molar-refractivity contribution in [2.24, 2.45) is 0 Å². The number of hydrogen-bond donors (Lipinski definition) is 1. The van der Waals surface area contributed by atoms with Crippen molar-refractivity contribution in [2.45, 2.75) is 0 Å². The summed E-state index contributed by atoms with van der Waals surface area (Å²) in [4.78, 5) is 0. The molecule has 0 unspecified atom stereocenters. The van der Waals surface area contributed by atoms with Crippen LogP contribution in [0.1, 0.15) is 11.0 Å². The Morgan fingerprint density at radius 1 is 1.21 bits per heavy atom. The van der Waals surface area contributed by atoms with Crippen LogP contribution >= 0.6 is 0 Å². The van der Waals surface area contributed by atoms with E-state index >= 15 is 0 Å². The van der Waals surface area contributed by atoms with E-state index in [1.807, 2.05) is 30.3 Å². The van der Waals surface area contributed by atoms with Gasteiger partial charge < -0.3 is 9.83 Å². The highest BCUT2D eigenvalue weighted by Crippen LogP contribution is 2.30. The van der Waals surface area contributed by atoms with Gasteiger partial charge in [-0.1, -0.05) is 49.0 Å². The average molecular weight is 251 g/mol. The van der Waals surface area contributed by atoms with Crippen molar-refractivity contribution in [3.8, 4) is 0 Å². The fourth-order valence-corrected chi connectivity index (χ4v) is 2.11. The zero-order valence-electron chi connectivity index (χ0n) is 14.0. The molecule has 0 amide bonds. The van der Waals surface area contributed by atoms with Crippen molar-refractivity contribution >= 4 is 27.7 Å². The largest absolute Gasteiger partial charge is 0.455 e. The first kappa shape index (κ1) is 7.74. The Morgan fingerprint density at radius 2 is 2.05 bits per heavy atom. The van der Waals surface area contributed by atoms with Crippen LogP contribution in [0.25, 0.3) is 21.9 Å². The smallest absolute Gasteiger partial charge is 0.144 e. The molecule has 0 bridgehead atoms. The molecule has 2 nitrogen and oxygen atoms in total. The molecule has 1 aromatic heterocycles. The van der Waals surface area contributed by atoms with Gasteiger partial charge in [0.15, 0.2) is 0 Å². The standard InChI is InChI=1S/C17H13NO/c1-2-3-10-15(18)14-9-6-8-13-12-7-4-5-11-16(12)19-17(13)14/h2-11,18H,1H2/b10-3-,18-15?/i1D,2D,3D,10D/b2-1?,10-3-,18-15?. The quantitative estimate of drug-likeness (QED) is 0.532. The lowest BCUT2D eigenvalue weighted by molar-refractivity contribution is 0.668. The van der Waals surface area contributed by atoms with Crippen LogP contribution in [-0.2, 0) is 0 Å². The first-order valence-corrected chi connectivity index (χ1v) is 5.77. The third-order valence-corrected chi connectivity index (χ3v) is 2.93. The zero-order chi connectivity index (χ0) is 16.6. The number of rotatable bonds is 3. The van der Waals surface area contributed by atoms with Gasteiger partial charge in [-0.25, -0.2) is 0 Å². The maximum absolute atomic E-state index is 8.19. The first-order valence-electron chi connectivity index (χ1n) is 7.85. The van der Waals surface area contributed by atoms with Crippen LogP contribution in [0.15, 0.2) is 71.6 Å². The van der Waals surface area contributed by atoms with Gasteiger partial charge in [0.25, 0.3) is 0 Å². The van der Waals surface area contributed by atoms with E-state index in [0.717, 1.165) is 10.8 Å². The SMILES string of the molecule is [2H]C=C([2H])/C([2H])=C(/[2H])C(=N)c1cccc2c1oc1ccccc12. The van der Waals surface area contributed by atoms with E-state index in [2.05, 4.69) is 0 Å². The number of allylic oxidation sites excluding steroid dienone is 3. The van der Waals surface area contributed by atoms with E-state index in [4.69, 9.17) is 15.3 Å². The molecule has 3 aromatic rings. The highest BCUT2D eigenvalue weighted by atomic mass is 16.3. The van der Waals surface area contributed by atoms with Gasteiger partial charge in [0.05, 0.1) is 11.2 Å². The molecule has 0 saturated heterocycles. The lowest BCUT2D eigenvalue weighted by Gasteiger charge is -1.99. The molecule has 1 N–H and O–H groups in total. The second kappa shape index (κ2) is 4.58. The molecular formula is C17H13NO. The van der Waals surface area contributed by atoms with Crippen molar-refractivity contribution in [1.29, 1.82) is 5.41 Å². The maximum atomic E-state index is 8.19. The highest BCUT2D eigenvalue weighted by Gasteiger charge is 2.11. The molecule has 19 heavy (non-hydrogen) atoms. The lowest BCUT2D eigenvalue weighted by atomic mass is 10.1. The summed E-state index contributed by atoms with van der Waals surface area (Å²) in [6.07, 6.45) is 0. The van der Waals surface area contributed by atoms with Crippen molar-refractivity contribution in [1.82, 2.24) is 0 Å². The van der Waals surface area contributed by atoms with Crippen LogP contribution in [0.5, 0.6) is 0 Å². The molecule has 2 heteroatoms. The van der Waals surface area contributed by atoms with Gasteiger partial charge in [0, 0.05) is 16.3 Å². The summed E-state index contributed by atoms with van der Waals surface area (Å²) in [5, 5.41) is 9.95. The van der Waals surface area contributed by atoms with Crippen LogP contribution in [-0.4, -0.2) is 5.71 Å². The highest BCUT2D eigenvalue weighted by molar-refractivity contribution is 6.17. The number of nitrogens with one attached hydrogen (secondary N) is 1. The molecule has 0 aliphatic rings. The molecule has 2 aromatic carbocycles. The monoisotopic (exact) mass is 251 g/mol. The summed E-state index contributed by atoms with van der Waals surface area (Å²) >= 11 is 0. The van der Waals surface area contributed by atoms with Gasteiger partial charge in [-0.3, -0.25) is 0 Å². The minimum absolute atomic E-state index is 0.203. The Morgan fingerprint density at radius 3 is 2.95 bits per heavy atom. The van der Waals surface area contributed by atoms with Gasteiger partial charge in [0.1, 0.15) is 11.2 Å². The fourth-order valence-electron chi connectivity index (χ4n) is 2.11. The molecule has 0 radical (unpaired) electrons. The van der Waals surface area contributed by atoms with Crippen molar-refractivity contribution in [3.05, 3.63) is 72.7 Å². The van der Waals surface area contributed by atoms with Crippen LogP contribution in [0.3, 0.4) is 0 Å². The van der Waals surface area contributed by atoms with E-state index in [9.17, 15) is 0 Å². The molecule has 0 saturated carbocycles. The average Bonchev–Trinajstić information content (AvgIpc) is 2.97. The number of hydrogen-bond acceptors (Lipinski definition) is 2. The van der Waals surface area contributed by atoms with Gasteiger partial charge >= 0.3 is 0 Å². The van der Waals surface area contributed by atoms with Gasteiger partial charge in [-0.05, 0) is 18.2 Å². The second-order valence-electron chi connectivity index (χ2n) is 4.05. The molecule has 3 rings (SSSR count). The number of fused-ring (bicyclic) bond motifs is 3. The van der Waals surface area contributed by atoms with Crippen molar-refractivity contribution in [2.75, 3.05) is 0 Å². The van der Waals surface area contributed by atoms with E-state index in [1.54, 1.807) is 12.1 Å². The Bertz CT molecular complexity index is 985. The summed E-state index contributed by atoms with van der Waals surface area (Å²) in [5.74, 6) is 0. The van der Waals surface area contributed by atoms with E-state index in [1.165, 1.54) is 0 Å². The molecular weight excluding hydrogens is 234 g/mol. The Balaban J connectivity index is 2.23. The molecule has 0 atom stereocenters. The Labute approximate surface area is 116 Å². The number of benzene rings is 2. The summed E-state index contributed by atoms with van der Waals surface area (Å²) in [6, 6.07) is 11.5. The first-order chi connectivity index (χ1) is 11.0. The number of para-hydroxylation sites is 2. The van der Waals surface area contributed by atoms with Crippen LogP contribution in [0.2, 0.25) is 0 Å². The molecule has 0 aliphatic heterocycles. The normalized spacial score (nSPS) is 16.5. The molecule has 92 valence electrons. The zero-order valence-corrected chi connectivity index (χ0v) is 10.0. The number of furan rings is 1. The maximum Gasteiger partial charge on any atom is 0.144 e. The van der Waals surface area contributed by atoms with Crippen molar-refractivity contribution < 1.29 is 9.90 Å². The third kappa shape index (κ3) is 1.87. The van der Waals surface area contributed by atoms with Crippen LogP contribution < -0.4 is 0 Å². The fraction of sp³-hybridized carbons (Fsp3) is 0. The minimum atomic E-state index is -0.460. The molecule has 1 heterocycles. The van der Waals surface area contributed by atoms with Gasteiger partial charge in [-0.15, -0.1) is 0 Å². The van der Waals surface area contributed by atoms with Crippen LogP contribution in [0, 0.1) is 5.41 Å². The Kier molecular flexibility index (Phi) is 1.86.